The fraction of sp³-hybridized carbons (Fsp3) is 0.778. The summed E-state index contributed by atoms with van der Waals surface area (Å²) < 4.78 is 29.5. The molecule has 17 heavy (non-hydrogen) atoms. The fourth-order valence-corrected chi connectivity index (χ4v) is 3.17. The first-order valence-corrected chi connectivity index (χ1v) is 7.72. The van der Waals surface area contributed by atoms with Crippen LogP contribution in [0.3, 0.4) is 0 Å². The van der Waals surface area contributed by atoms with Gasteiger partial charge in [-0.25, -0.2) is 8.42 Å². The van der Waals surface area contributed by atoms with Gasteiger partial charge in [0.25, 0.3) is 14.2 Å². The molecule has 1 saturated carbocycles. The highest BCUT2D eigenvalue weighted by Gasteiger charge is 2.29. The maximum absolute atomic E-state index is 11.4. The lowest BCUT2D eigenvalue weighted by Crippen LogP contribution is -2.14. The molecular weight excluding hydrogens is 266 g/mol. The third kappa shape index (κ3) is 2.61. The van der Waals surface area contributed by atoms with Crippen molar-refractivity contribution >= 4 is 19.7 Å². The third-order valence-electron chi connectivity index (χ3n) is 2.92. The molecule has 96 valence electrons. The molecule has 1 heterocycles. The van der Waals surface area contributed by atoms with Crippen LogP contribution in [0.15, 0.2) is 5.16 Å². The van der Waals surface area contributed by atoms with Gasteiger partial charge in [0.2, 0.25) is 0 Å². The lowest BCUT2D eigenvalue weighted by Gasteiger charge is -2.15. The monoisotopic (exact) mass is 279 g/mol. The number of rotatable bonds is 4. The second kappa shape index (κ2) is 4.91. The maximum atomic E-state index is 11.4. The van der Waals surface area contributed by atoms with Gasteiger partial charge in [0.1, 0.15) is 6.61 Å². The Hall–Kier alpha value is -0.660. The van der Waals surface area contributed by atoms with Crippen molar-refractivity contribution in [2.45, 2.75) is 43.5 Å². The van der Waals surface area contributed by atoms with Crippen LogP contribution in [-0.4, -0.2) is 30.3 Å². The van der Waals surface area contributed by atoms with Crippen LogP contribution in [0.5, 0.6) is 0 Å². The normalized spacial score (nSPS) is 17.8. The van der Waals surface area contributed by atoms with Crippen molar-refractivity contribution in [3.8, 4) is 0 Å². The smallest absolute Gasteiger partial charge is 0.296 e. The highest BCUT2D eigenvalue weighted by atomic mass is 35.7. The summed E-state index contributed by atoms with van der Waals surface area (Å²) in [7, 11) is 3.03. The van der Waals surface area contributed by atoms with E-state index in [0.29, 0.717) is 5.82 Å². The van der Waals surface area contributed by atoms with E-state index in [0.717, 1.165) is 25.7 Å². The van der Waals surface area contributed by atoms with Gasteiger partial charge in [0.15, 0.2) is 5.82 Å². The Kier molecular flexibility index (Phi) is 3.70. The minimum atomic E-state index is -3.86. The number of aromatic nitrogens is 3. The second-order valence-corrected chi connectivity index (χ2v) is 6.54. The Labute approximate surface area is 104 Å². The summed E-state index contributed by atoms with van der Waals surface area (Å²) in [6.45, 7) is 0.232. The molecule has 0 bridgehead atoms. The van der Waals surface area contributed by atoms with Gasteiger partial charge in [-0.1, -0.05) is 12.8 Å². The molecule has 8 heteroatoms. The number of halogens is 1. The number of hydrogen-bond donors (Lipinski definition) is 0. The molecule has 0 amide bonds. The molecular formula is C9H14ClN3O3S. The topological polar surface area (TPSA) is 74.1 Å². The first-order chi connectivity index (χ1) is 8.04. The Balaban J connectivity index is 2.46. The first kappa shape index (κ1) is 12.8. The van der Waals surface area contributed by atoms with Crippen LogP contribution in [0.4, 0.5) is 0 Å². The van der Waals surface area contributed by atoms with E-state index in [9.17, 15) is 8.42 Å². The van der Waals surface area contributed by atoms with Crippen molar-refractivity contribution in [3.05, 3.63) is 5.82 Å². The minimum absolute atomic E-state index is 0.110. The highest BCUT2D eigenvalue weighted by molar-refractivity contribution is 8.13. The average Bonchev–Trinajstić information content (AvgIpc) is 2.82. The van der Waals surface area contributed by atoms with Gasteiger partial charge in [-0.3, -0.25) is 4.57 Å². The molecule has 0 N–H and O–H groups in total. The van der Waals surface area contributed by atoms with Crippen molar-refractivity contribution in [2.75, 3.05) is 7.11 Å². The largest absolute Gasteiger partial charge is 0.377 e. The summed E-state index contributed by atoms with van der Waals surface area (Å²) >= 11 is 0. The van der Waals surface area contributed by atoms with Gasteiger partial charge in [0, 0.05) is 23.8 Å². The summed E-state index contributed by atoms with van der Waals surface area (Å²) in [6, 6.07) is 0.110. The third-order valence-corrected chi connectivity index (χ3v) is 4.05. The Morgan fingerprint density at radius 3 is 2.59 bits per heavy atom. The van der Waals surface area contributed by atoms with E-state index in [-0.39, 0.29) is 17.8 Å². The lowest BCUT2D eigenvalue weighted by atomic mass is 10.2. The molecule has 0 aliphatic heterocycles. The molecule has 1 aliphatic carbocycles. The molecule has 1 fully saturated rings. The zero-order valence-electron chi connectivity index (χ0n) is 9.47. The average molecular weight is 280 g/mol. The van der Waals surface area contributed by atoms with Crippen molar-refractivity contribution in [2.24, 2.45) is 0 Å². The Bertz CT molecular complexity index is 494. The van der Waals surface area contributed by atoms with Gasteiger partial charge in [-0.05, 0) is 12.8 Å². The zero-order valence-corrected chi connectivity index (χ0v) is 11.0. The lowest BCUT2D eigenvalue weighted by molar-refractivity contribution is 0.171. The van der Waals surface area contributed by atoms with Crippen LogP contribution in [-0.2, 0) is 20.4 Å². The predicted molar refractivity (Wildman–Crippen MR) is 61.3 cm³/mol. The molecule has 0 atom stereocenters. The molecule has 0 unspecified atom stereocenters. The zero-order chi connectivity index (χ0) is 12.5. The van der Waals surface area contributed by atoms with E-state index in [4.69, 9.17) is 15.4 Å². The molecule has 0 radical (unpaired) electrons. The van der Waals surface area contributed by atoms with E-state index in [1.807, 2.05) is 0 Å². The van der Waals surface area contributed by atoms with Crippen molar-refractivity contribution in [3.63, 3.8) is 0 Å². The van der Waals surface area contributed by atoms with Gasteiger partial charge in [-0.2, -0.15) is 0 Å². The molecule has 1 aromatic rings. The second-order valence-electron chi connectivity index (χ2n) is 4.08. The summed E-state index contributed by atoms with van der Waals surface area (Å²) in [5.74, 6) is 0.513. The minimum Gasteiger partial charge on any atom is -0.377 e. The number of nitrogens with zero attached hydrogens (tertiary/aromatic N) is 3. The van der Waals surface area contributed by atoms with Crippen LogP contribution >= 0.6 is 10.7 Å². The summed E-state index contributed by atoms with van der Waals surface area (Å²) in [5, 5.41) is 7.34. The summed E-state index contributed by atoms with van der Waals surface area (Å²) in [6.07, 6.45) is 4.01. The predicted octanol–water partition coefficient (Wildman–Crippen LogP) is 1.47. The van der Waals surface area contributed by atoms with Gasteiger partial charge >= 0.3 is 0 Å². The van der Waals surface area contributed by atoms with Crippen LogP contribution in [0.1, 0.15) is 37.5 Å². The molecule has 1 aromatic heterocycles. The van der Waals surface area contributed by atoms with E-state index in [1.165, 1.54) is 7.11 Å². The number of ether oxygens (including phenoxy) is 1. The molecule has 0 saturated heterocycles. The van der Waals surface area contributed by atoms with Gasteiger partial charge in [0.05, 0.1) is 0 Å². The highest BCUT2D eigenvalue weighted by Crippen LogP contribution is 2.33. The van der Waals surface area contributed by atoms with Crippen LogP contribution in [0, 0.1) is 0 Å². The SMILES string of the molecule is COCc1nnc(S(=O)(=O)Cl)n1C1CCCC1. The van der Waals surface area contributed by atoms with Gasteiger partial charge < -0.3 is 4.74 Å². The summed E-state index contributed by atoms with van der Waals surface area (Å²) in [4.78, 5) is 0. The van der Waals surface area contributed by atoms with Crippen molar-refractivity contribution in [1.82, 2.24) is 14.8 Å². The van der Waals surface area contributed by atoms with E-state index >= 15 is 0 Å². The van der Waals surface area contributed by atoms with Crippen molar-refractivity contribution in [1.29, 1.82) is 0 Å². The van der Waals surface area contributed by atoms with Crippen LogP contribution in [0.2, 0.25) is 0 Å². The molecule has 2 rings (SSSR count). The Morgan fingerprint density at radius 1 is 1.41 bits per heavy atom. The van der Waals surface area contributed by atoms with E-state index in [2.05, 4.69) is 10.2 Å². The van der Waals surface area contributed by atoms with Crippen LogP contribution < -0.4 is 0 Å². The molecule has 1 aliphatic rings. The number of methoxy groups -OCH3 is 1. The molecule has 0 spiro atoms. The van der Waals surface area contributed by atoms with E-state index < -0.39 is 9.05 Å². The summed E-state index contributed by atoms with van der Waals surface area (Å²) in [5.41, 5.74) is 0. The van der Waals surface area contributed by atoms with E-state index in [1.54, 1.807) is 4.57 Å². The molecule has 6 nitrogen and oxygen atoms in total. The quantitative estimate of drug-likeness (QED) is 0.780. The maximum Gasteiger partial charge on any atom is 0.296 e. The first-order valence-electron chi connectivity index (χ1n) is 5.41. The standard InChI is InChI=1S/C9H14ClN3O3S/c1-16-6-8-11-12-9(17(10,14)15)13(8)7-4-2-3-5-7/h7H,2-6H2,1H3. The molecule has 0 aromatic carbocycles. The van der Waals surface area contributed by atoms with Crippen molar-refractivity contribution < 1.29 is 13.2 Å². The Morgan fingerprint density at radius 2 is 2.06 bits per heavy atom. The fourth-order valence-electron chi connectivity index (χ4n) is 2.23. The van der Waals surface area contributed by atoms with Crippen LogP contribution in [0.25, 0.3) is 0 Å². The van der Waals surface area contributed by atoms with Gasteiger partial charge in [-0.15, -0.1) is 10.2 Å². The number of hydrogen-bond acceptors (Lipinski definition) is 5.